The fourth-order valence-corrected chi connectivity index (χ4v) is 10.2. The molecular formula is C28H38N2O2. The summed E-state index contributed by atoms with van der Waals surface area (Å²) >= 11 is 0. The molecule has 8 bridgehead atoms. The van der Waals surface area contributed by atoms with E-state index < -0.39 is 0 Å². The van der Waals surface area contributed by atoms with Gasteiger partial charge in [0, 0.05) is 11.1 Å². The quantitative estimate of drug-likeness (QED) is 0.664. The van der Waals surface area contributed by atoms with Gasteiger partial charge in [-0.15, -0.1) is 0 Å². The molecule has 0 aromatic heterocycles. The van der Waals surface area contributed by atoms with Crippen molar-refractivity contribution in [1.29, 1.82) is 0 Å². The van der Waals surface area contributed by atoms with E-state index in [4.69, 9.17) is 0 Å². The Labute approximate surface area is 192 Å². The number of carbonyl (C=O) groups is 2. The van der Waals surface area contributed by atoms with Gasteiger partial charge in [-0.25, -0.2) is 0 Å². The number of nitrogens with one attached hydrogen (secondary N) is 2. The Morgan fingerprint density at radius 3 is 1.59 bits per heavy atom. The van der Waals surface area contributed by atoms with Crippen LogP contribution in [0.5, 0.6) is 0 Å². The van der Waals surface area contributed by atoms with Gasteiger partial charge in [0.25, 0.3) is 0 Å². The molecule has 1 atom stereocenters. The van der Waals surface area contributed by atoms with Crippen LogP contribution in [0.1, 0.15) is 83.5 Å². The van der Waals surface area contributed by atoms with Gasteiger partial charge in [-0.3, -0.25) is 9.59 Å². The van der Waals surface area contributed by atoms with Gasteiger partial charge >= 0.3 is 0 Å². The molecule has 8 saturated carbocycles. The second kappa shape index (κ2) is 6.96. The number of rotatable bonds is 4. The zero-order valence-electron chi connectivity index (χ0n) is 19.3. The Balaban J connectivity index is 1.06. The molecule has 0 spiro atoms. The maximum atomic E-state index is 13.6. The molecule has 0 aliphatic heterocycles. The molecule has 4 heteroatoms. The maximum absolute atomic E-state index is 13.6. The van der Waals surface area contributed by atoms with E-state index in [9.17, 15) is 9.59 Å². The number of hydrogen-bond acceptors (Lipinski definition) is 2. The van der Waals surface area contributed by atoms with Crippen molar-refractivity contribution in [2.24, 2.45) is 46.3 Å². The molecule has 0 heterocycles. The molecule has 0 radical (unpaired) electrons. The summed E-state index contributed by atoms with van der Waals surface area (Å²) < 4.78 is 0. The molecule has 2 amide bonds. The minimum atomic E-state index is -0.148. The fourth-order valence-electron chi connectivity index (χ4n) is 10.2. The largest absolute Gasteiger partial charge is 0.347 e. The third kappa shape index (κ3) is 3.07. The van der Waals surface area contributed by atoms with Crippen LogP contribution in [0, 0.1) is 46.3 Å². The third-order valence-corrected chi connectivity index (χ3v) is 10.8. The maximum Gasteiger partial charge on any atom is 0.230 e. The molecule has 9 rings (SSSR count). The normalized spacial score (nSPS) is 49.8. The minimum Gasteiger partial charge on any atom is -0.347 e. The SMILES string of the molecule is O=C(NC1=CC=CCC1NC(=O)C12CC3CC(CC(C3)C1)C2)C12CC3CC(CC(C3)C1)C2. The Kier molecular flexibility index (Phi) is 4.32. The van der Waals surface area contributed by atoms with Crippen LogP contribution >= 0.6 is 0 Å². The van der Waals surface area contributed by atoms with Gasteiger partial charge in [0.2, 0.25) is 11.8 Å². The molecule has 0 aromatic rings. The van der Waals surface area contributed by atoms with E-state index in [0.717, 1.165) is 86.2 Å². The van der Waals surface area contributed by atoms with Crippen molar-refractivity contribution in [1.82, 2.24) is 10.6 Å². The fraction of sp³-hybridized carbons (Fsp3) is 0.786. The summed E-state index contributed by atoms with van der Waals surface area (Å²) in [5.41, 5.74) is 0.641. The van der Waals surface area contributed by atoms with Gasteiger partial charge < -0.3 is 10.6 Å². The second-order valence-electron chi connectivity index (χ2n) is 13.2. The summed E-state index contributed by atoms with van der Waals surface area (Å²) in [7, 11) is 0. The van der Waals surface area contributed by atoms with Crippen LogP contribution in [0.2, 0.25) is 0 Å². The van der Waals surface area contributed by atoms with Crippen molar-refractivity contribution in [2.45, 2.75) is 89.5 Å². The summed E-state index contributed by atoms with van der Waals surface area (Å²) in [5.74, 6) is 5.10. The average Bonchev–Trinajstić information content (AvgIpc) is 2.73. The van der Waals surface area contributed by atoms with E-state index in [1.54, 1.807) is 0 Å². The molecule has 2 N–H and O–H groups in total. The van der Waals surface area contributed by atoms with Gasteiger partial charge in [0.15, 0.2) is 0 Å². The van der Waals surface area contributed by atoms with Crippen molar-refractivity contribution in [3.8, 4) is 0 Å². The number of allylic oxidation sites excluding steroid dienone is 2. The lowest BCUT2D eigenvalue weighted by molar-refractivity contribution is -0.148. The standard InChI is InChI=1S/C28H38N2O2/c31-25(27-11-17-5-18(12-27)7-19(6-17)13-27)29-23-3-1-2-4-24(23)30-26(32)28-14-20-8-21(15-28)10-22(9-20)16-28/h1-3,17-22,24H,4-16H2,(H,29,31)(H,30,32). The van der Waals surface area contributed by atoms with Crippen LogP contribution in [0.4, 0.5) is 0 Å². The summed E-state index contributed by atoms with van der Waals surface area (Å²) in [6.45, 7) is 0. The van der Waals surface area contributed by atoms with Crippen LogP contribution in [0.25, 0.3) is 0 Å². The van der Waals surface area contributed by atoms with Gasteiger partial charge in [0.05, 0.1) is 11.5 Å². The first-order chi connectivity index (χ1) is 15.5. The lowest BCUT2D eigenvalue weighted by Crippen LogP contribution is -2.57. The van der Waals surface area contributed by atoms with E-state index in [1.807, 2.05) is 12.2 Å². The topological polar surface area (TPSA) is 58.2 Å². The van der Waals surface area contributed by atoms with E-state index in [2.05, 4.69) is 16.7 Å². The molecule has 0 aromatic carbocycles. The summed E-state index contributed by atoms with van der Waals surface area (Å²) in [5, 5.41) is 6.79. The van der Waals surface area contributed by atoms with Crippen LogP contribution < -0.4 is 10.6 Å². The second-order valence-corrected chi connectivity index (χ2v) is 13.2. The van der Waals surface area contributed by atoms with Gasteiger partial charge in [-0.05, 0) is 125 Å². The molecule has 0 saturated heterocycles. The molecule has 32 heavy (non-hydrogen) atoms. The van der Waals surface area contributed by atoms with Crippen molar-refractivity contribution in [3.63, 3.8) is 0 Å². The van der Waals surface area contributed by atoms with Crippen LogP contribution in [-0.4, -0.2) is 17.9 Å². The highest BCUT2D eigenvalue weighted by Gasteiger charge is 2.56. The van der Waals surface area contributed by atoms with Crippen molar-refractivity contribution in [2.75, 3.05) is 0 Å². The van der Waals surface area contributed by atoms with E-state index in [-0.39, 0.29) is 28.7 Å². The third-order valence-electron chi connectivity index (χ3n) is 10.8. The highest BCUT2D eigenvalue weighted by molar-refractivity contribution is 5.86. The Hall–Kier alpha value is -1.58. The number of amides is 2. The van der Waals surface area contributed by atoms with Crippen LogP contribution in [-0.2, 0) is 9.59 Å². The van der Waals surface area contributed by atoms with Gasteiger partial charge in [-0.1, -0.05) is 12.2 Å². The van der Waals surface area contributed by atoms with E-state index >= 15 is 0 Å². The van der Waals surface area contributed by atoms with Crippen molar-refractivity contribution in [3.05, 3.63) is 23.9 Å². The summed E-state index contributed by atoms with van der Waals surface area (Å²) in [6, 6.07) is -0.0848. The Morgan fingerprint density at radius 1 is 0.688 bits per heavy atom. The van der Waals surface area contributed by atoms with Gasteiger partial charge in [0.1, 0.15) is 0 Å². The predicted octanol–water partition coefficient (Wildman–Crippen LogP) is 4.86. The first-order valence-corrected chi connectivity index (χ1v) is 13.5. The summed E-state index contributed by atoms with van der Waals surface area (Å²) in [6.07, 6.45) is 21.6. The highest BCUT2D eigenvalue weighted by Crippen LogP contribution is 2.61. The molecule has 172 valence electrons. The average molecular weight is 435 g/mol. The van der Waals surface area contributed by atoms with Gasteiger partial charge in [-0.2, -0.15) is 0 Å². The molecule has 9 aliphatic carbocycles. The smallest absolute Gasteiger partial charge is 0.230 e. The van der Waals surface area contributed by atoms with E-state index in [1.165, 1.54) is 38.5 Å². The predicted molar refractivity (Wildman–Crippen MR) is 123 cm³/mol. The first-order valence-electron chi connectivity index (χ1n) is 13.5. The van der Waals surface area contributed by atoms with Crippen molar-refractivity contribution < 1.29 is 9.59 Å². The lowest BCUT2D eigenvalue weighted by atomic mass is 9.49. The lowest BCUT2D eigenvalue weighted by Gasteiger charge is -2.56. The monoisotopic (exact) mass is 434 g/mol. The first kappa shape index (κ1) is 19.9. The van der Waals surface area contributed by atoms with Crippen LogP contribution in [0.3, 0.4) is 0 Å². The number of carbonyl (C=O) groups excluding carboxylic acids is 2. The number of hydrogen-bond donors (Lipinski definition) is 2. The Bertz CT molecular complexity index is 829. The molecule has 9 aliphatic rings. The van der Waals surface area contributed by atoms with Crippen LogP contribution in [0.15, 0.2) is 23.9 Å². The highest BCUT2D eigenvalue weighted by atomic mass is 16.2. The zero-order chi connectivity index (χ0) is 21.5. The zero-order valence-corrected chi connectivity index (χ0v) is 19.3. The molecular weight excluding hydrogens is 396 g/mol. The molecule has 4 nitrogen and oxygen atoms in total. The minimum absolute atomic E-state index is 0.0848. The molecule has 8 fully saturated rings. The van der Waals surface area contributed by atoms with E-state index in [0.29, 0.717) is 0 Å². The molecule has 1 unspecified atom stereocenters. The Morgan fingerprint density at radius 2 is 1.12 bits per heavy atom. The van der Waals surface area contributed by atoms with Crippen molar-refractivity contribution >= 4 is 11.8 Å². The summed E-state index contributed by atoms with van der Waals surface area (Å²) in [4.78, 5) is 27.3.